The maximum atomic E-state index is 13.0. The lowest BCUT2D eigenvalue weighted by molar-refractivity contribution is 0.362. The molecule has 1 aromatic carbocycles. The molecular formula is C19H19ClN4O4S. The first-order chi connectivity index (χ1) is 14.0. The van der Waals surface area contributed by atoms with Gasteiger partial charge >= 0.3 is 0 Å². The third-order valence-electron chi connectivity index (χ3n) is 5.20. The quantitative estimate of drug-likeness (QED) is 0.607. The Morgan fingerprint density at radius 3 is 2.59 bits per heavy atom. The average Bonchev–Trinajstić information content (AvgIpc) is 3.25. The summed E-state index contributed by atoms with van der Waals surface area (Å²) in [6.07, 6.45) is 3.45. The third-order valence-corrected chi connectivity index (χ3v) is 7.20. The highest BCUT2D eigenvalue weighted by molar-refractivity contribution is 7.89. The summed E-state index contributed by atoms with van der Waals surface area (Å²) in [6.45, 7) is 1.86. The molecule has 2 fully saturated rings. The number of halogens is 1. The van der Waals surface area contributed by atoms with E-state index in [0.29, 0.717) is 48.6 Å². The summed E-state index contributed by atoms with van der Waals surface area (Å²) in [7, 11) is -3.74. The maximum Gasteiger partial charge on any atom is 0.276 e. The molecule has 0 amide bonds. The number of anilines is 1. The molecule has 5 rings (SSSR count). The Hall–Kier alpha value is -2.36. The molecule has 3 heterocycles. The zero-order valence-corrected chi connectivity index (χ0v) is 17.1. The van der Waals surface area contributed by atoms with E-state index in [1.807, 2.05) is 24.3 Å². The monoisotopic (exact) mass is 434 g/mol. The van der Waals surface area contributed by atoms with Crippen LogP contribution < -0.4 is 4.90 Å². The SMILES string of the molecule is O=S(=O)(c1cc(-c2nnc(C3CC3)o2)co1)N1CCN(c2cccc(Cl)c2)CC1. The number of aromatic nitrogens is 2. The Kier molecular flexibility index (Phi) is 4.60. The Labute approximate surface area is 173 Å². The molecule has 8 nitrogen and oxygen atoms in total. The fraction of sp³-hybridized carbons (Fsp3) is 0.368. The van der Waals surface area contributed by atoms with Gasteiger partial charge in [0.15, 0.2) is 0 Å². The summed E-state index contributed by atoms with van der Waals surface area (Å²) in [6, 6.07) is 9.00. The van der Waals surface area contributed by atoms with Gasteiger partial charge in [0.2, 0.25) is 11.0 Å². The Bertz CT molecular complexity index is 1130. The van der Waals surface area contributed by atoms with Crippen LogP contribution in [0.2, 0.25) is 5.02 Å². The summed E-state index contributed by atoms with van der Waals surface area (Å²) in [5, 5.41) is 8.57. The van der Waals surface area contributed by atoms with E-state index in [1.54, 1.807) is 0 Å². The van der Waals surface area contributed by atoms with Gasteiger partial charge in [-0.25, -0.2) is 8.42 Å². The highest BCUT2D eigenvalue weighted by Gasteiger charge is 2.33. The van der Waals surface area contributed by atoms with Crippen LogP contribution in [0.3, 0.4) is 0 Å². The maximum absolute atomic E-state index is 13.0. The zero-order valence-electron chi connectivity index (χ0n) is 15.5. The van der Waals surface area contributed by atoms with Crippen molar-refractivity contribution in [1.82, 2.24) is 14.5 Å². The number of nitrogens with zero attached hydrogens (tertiary/aromatic N) is 4. The minimum absolute atomic E-state index is 0.116. The molecule has 0 atom stereocenters. The van der Waals surface area contributed by atoms with Gasteiger partial charge in [-0.2, -0.15) is 4.31 Å². The van der Waals surface area contributed by atoms with Crippen LogP contribution in [-0.4, -0.2) is 49.1 Å². The van der Waals surface area contributed by atoms with E-state index in [-0.39, 0.29) is 11.0 Å². The standard InChI is InChI=1S/C19H19ClN4O4S/c20-15-2-1-3-16(11-15)23-6-8-24(9-7-23)29(25,26)17-10-14(12-27-17)19-22-21-18(28-19)13-4-5-13/h1-3,10-13H,4-9H2. The van der Waals surface area contributed by atoms with Gasteiger partial charge in [-0.15, -0.1) is 10.2 Å². The average molecular weight is 435 g/mol. The second-order valence-electron chi connectivity index (χ2n) is 7.25. The molecule has 152 valence electrons. The van der Waals surface area contributed by atoms with Gasteiger partial charge in [0.25, 0.3) is 15.9 Å². The first-order valence-corrected chi connectivity index (χ1v) is 11.3. The molecule has 2 aliphatic rings. The van der Waals surface area contributed by atoms with Crippen molar-refractivity contribution in [3.8, 4) is 11.5 Å². The Morgan fingerprint density at radius 1 is 1.07 bits per heavy atom. The van der Waals surface area contributed by atoms with Crippen LogP contribution in [0.4, 0.5) is 5.69 Å². The highest BCUT2D eigenvalue weighted by Crippen LogP contribution is 2.40. The van der Waals surface area contributed by atoms with E-state index in [0.717, 1.165) is 18.5 Å². The lowest BCUT2D eigenvalue weighted by Gasteiger charge is -2.34. The number of sulfonamides is 1. The Balaban J connectivity index is 1.29. The molecule has 1 saturated heterocycles. The summed E-state index contributed by atoms with van der Waals surface area (Å²) >= 11 is 6.06. The van der Waals surface area contributed by atoms with Crippen LogP contribution >= 0.6 is 11.6 Å². The number of benzene rings is 1. The van der Waals surface area contributed by atoms with Crippen LogP contribution in [0.15, 0.2) is 50.5 Å². The summed E-state index contributed by atoms with van der Waals surface area (Å²) in [5.74, 6) is 1.22. The van der Waals surface area contributed by atoms with Gasteiger partial charge < -0.3 is 13.7 Å². The molecule has 0 bridgehead atoms. The topological polar surface area (TPSA) is 92.7 Å². The van der Waals surface area contributed by atoms with Crippen LogP contribution in [0.25, 0.3) is 11.5 Å². The van der Waals surface area contributed by atoms with Gasteiger partial charge in [-0.1, -0.05) is 17.7 Å². The normalized spacial score (nSPS) is 18.3. The van der Waals surface area contributed by atoms with Crippen molar-refractivity contribution in [1.29, 1.82) is 0 Å². The van der Waals surface area contributed by atoms with Crippen molar-refractivity contribution in [3.63, 3.8) is 0 Å². The summed E-state index contributed by atoms with van der Waals surface area (Å²) < 4.78 is 38.4. The third kappa shape index (κ3) is 3.65. The van der Waals surface area contributed by atoms with Gasteiger partial charge in [0.1, 0.15) is 6.26 Å². The minimum Gasteiger partial charge on any atom is -0.451 e. The summed E-state index contributed by atoms with van der Waals surface area (Å²) in [5.41, 5.74) is 1.46. The van der Waals surface area contributed by atoms with Crippen molar-refractivity contribution >= 4 is 27.3 Å². The predicted octanol–water partition coefficient (Wildman–Crippen LogP) is 3.37. The van der Waals surface area contributed by atoms with Crippen molar-refractivity contribution in [2.45, 2.75) is 23.9 Å². The van der Waals surface area contributed by atoms with Crippen molar-refractivity contribution in [2.75, 3.05) is 31.1 Å². The van der Waals surface area contributed by atoms with E-state index in [2.05, 4.69) is 15.1 Å². The van der Waals surface area contributed by atoms with E-state index < -0.39 is 10.0 Å². The first kappa shape index (κ1) is 18.7. The number of hydrogen-bond donors (Lipinski definition) is 0. The molecule has 0 radical (unpaired) electrons. The summed E-state index contributed by atoms with van der Waals surface area (Å²) in [4.78, 5) is 2.11. The van der Waals surface area contributed by atoms with E-state index in [9.17, 15) is 8.42 Å². The lowest BCUT2D eigenvalue weighted by atomic mass is 10.2. The largest absolute Gasteiger partial charge is 0.451 e. The minimum atomic E-state index is -3.74. The lowest BCUT2D eigenvalue weighted by Crippen LogP contribution is -2.48. The van der Waals surface area contributed by atoms with Crippen LogP contribution in [0, 0.1) is 0 Å². The van der Waals surface area contributed by atoms with Gasteiger partial charge in [-0.3, -0.25) is 0 Å². The van der Waals surface area contributed by atoms with Gasteiger partial charge in [0.05, 0.1) is 5.56 Å². The molecule has 2 aromatic heterocycles. The smallest absolute Gasteiger partial charge is 0.276 e. The Morgan fingerprint density at radius 2 is 1.86 bits per heavy atom. The number of rotatable bonds is 5. The number of piperazine rings is 1. The molecule has 1 aliphatic carbocycles. The van der Waals surface area contributed by atoms with Gasteiger partial charge in [0, 0.05) is 48.9 Å². The molecule has 1 saturated carbocycles. The first-order valence-electron chi connectivity index (χ1n) is 9.44. The predicted molar refractivity (Wildman–Crippen MR) is 106 cm³/mol. The fourth-order valence-electron chi connectivity index (χ4n) is 3.40. The van der Waals surface area contributed by atoms with Crippen molar-refractivity contribution < 1.29 is 17.3 Å². The molecule has 0 spiro atoms. The van der Waals surface area contributed by atoms with Crippen molar-refractivity contribution in [3.05, 3.63) is 47.5 Å². The van der Waals surface area contributed by atoms with Gasteiger partial charge in [-0.05, 0) is 31.0 Å². The molecule has 0 unspecified atom stereocenters. The van der Waals surface area contributed by atoms with E-state index in [1.165, 1.54) is 16.6 Å². The van der Waals surface area contributed by atoms with Crippen LogP contribution in [-0.2, 0) is 10.0 Å². The van der Waals surface area contributed by atoms with Crippen molar-refractivity contribution in [2.24, 2.45) is 0 Å². The second kappa shape index (κ2) is 7.16. The van der Waals surface area contributed by atoms with E-state index in [4.69, 9.17) is 20.4 Å². The molecule has 0 N–H and O–H groups in total. The molecule has 3 aromatic rings. The molecule has 29 heavy (non-hydrogen) atoms. The van der Waals surface area contributed by atoms with E-state index >= 15 is 0 Å². The molecule has 1 aliphatic heterocycles. The zero-order chi connectivity index (χ0) is 20.0. The number of furan rings is 1. The molecular weight excluding hydrogens is 416 g/mol. The highest BCUT2D eigenvalue weighted by atomic mass is 35.5. The fourth-order valence-corrected chi connectivity index (χ4v) is 4.93. The molecule has 10 heteroatoms. The van der Waals surface area contributed by atoms with Crippen LogP contribution in [0.5, 0.6) is 0 Å². The number of hydrogen-bond acceptors (Lipinski definition) is 7. The van der Waals surface area contributed by atoms with Crippen LogP contribution in [0.1, 0.15) is 24.7 Å². The second-order valence-corrected chi connectivity index (χ2v) is 9.55.